The first-order chi connectivity index (χ1) is 9.50. The van der Waals surface area contributed by atoms with Gasteiger partial charge in [0.05, 0.1) is 5.69 Å². The van der Waals surface area contributed by atoms with Crippen LogP contribution in [0.1, 0.15) is 34.8 Å². The summed E-state index contributed by atoms with van der Waals surface area (Å²) in [6.07, 6.45) is -1.09. The van der Waals surface area contributed by atoms with Crippen LogP contribution in [-0.2, 0) is 19.0 Å². The van der Waals surface area contributed by atoms with Crippen LogP contribution in [0.2, 0.25) is 0 Å². The lowest BCUT2D eigenvalue weighted by Gasteiger charge is -2.06. The summed E-state index contributed by atoms with van der Waals surface area (Å²) in [7, 11) is 0. The predicted octanol–water partition coefficient (Wildman–Crippen LogP) is 2.49. The van der Waals surface area contributed by atoms with Gasteiger partial charge in [0, 0.05) is 4.88 Å². The van der Waals surface area contributed by atoms with Crippen LogP contribution in [0.3, 0.4) is 0 Å². The Bertz CT molecular complexity index is 670. The SMILES string of the molecule is N#Cc1nnn(-c2nc3c(s2)CCCC3)c1C(F)(F)F. The molecule has 104 valence electrons. The van der Waals surface area contributed by atoms with Crippen molar-refractivity contribution in [1.29, 1.82) is 5.26 Å². The molecule has 1 aliphatic rings. The maximum Gasteiger partial charge on any atom is 0.436 e. The summed E-state index contributed by atoms with van der Waals surface area (Å²) in [5, 5.41) is 15.6. The topological polar surface area (TPSA) is 67.4 Å². The van der Waals surface area contributed by atoms with E-state index in [0.717, 1.165) is 36.3 Å². The van der Waals surface area contributed by atoms with Gasteiger partial charge < -0.3 is 0 Å². The summed E-state index contributed by atoms with van der Waals surface area (Å²) in [6.45, 7) is 0. The second-order valence-electron chi connectivity index (χ2n) is 4.38. The van der Waals surface area contributed by atoms with Crippen molar-refractivity contribution in [1.82, 2.24) is 20.0 Å². The summed E-state index contributed by atoms with van der Waals surface area (Å²) in [4.78, 5) is 5.21. The van der Waals surface area contributed by atoms with Crippen molar-refractivity contribution in [2.24, 2.45) is 0 Å². The zero-order valence-corrected chi connectivity index (χ0v) is 10.9. The van der Waals surface area contributed by atoms with E-state index in [4.69, 9.17) is 5.26 Å². The molecule has 20 heavy (non-hydrogen) atoms. The van der Waals surface area contributed by atoms with Gasteiger partial charge in [0.2, 0.25) is 5.13 Å². The van der Waals surface area contributed by atoms with E-state index in [0.29, 0.717) is 4.68 Å². The molecule has 0 saturated heterocycles. The van der Waals surface area contributed by atoms with Crippen LogP contribution in [0.5, 0.6) is 0 Å². The Morgan fingerprint density at radius 2 is 2.00 bits per heavy atom. The quantitative estimate of drug-likeness (QED) is 0.811. The van der Waals surface area contributed by atoms with E-state index < -0.39 is 17.6 Å². The molecule has 0 unspecified atom stereocenters. The van der Waals surface area contributed by atoms with Crippen LogP contribution in [0.15, 0.2) is 0 Å². The van der Waals surface area contributed by atoms with Gasteiger partial charge in [-0.1, -0.05) is 16.6 Å². The molecule has 0 radical (unpaired) electrons. The van der Waals surface area contributed by atoms with E-state index in [1.54, 1.807) is 0 Å². The molecule has 0 amide bonds. The van der Waals surface area contributed by atoms with Crippen molar-refractivity contribution < 1.29 is 13.2 Å². The van der Waals surface area contributed by atoms with Crippen LogP contribution in [0.4, 0.5) is 13.2 Å². The van der Waals surface area contributed by atoms with Gasteiger partial charge in [0.25, 0.3) is 0 Å². The van der Waals surface area contributed by atoms with Crippen LogP contribution in [0.25, 0.3) is 5.13 Å². The van der Waals surface area contributed by atoms with Gasteiger partial charge in [0.15, 0.2) is 11.4 Å². The highest BCUT2D eigenvalue weighted by atomic mass is 32.1. The number of hydrogen-bond acceptors (Lipinski definition) is 5. The third-order valence-corrected chi connectivity index (χ3v) is 4.19. The van der Waals surface area contributed by atoms with E-state index >= 15 is 0 Å². The zero-order valence-electron chi connectivity index (χ0n) is 10.1. The second kappa shape index (κ2) is 4.56. The Kier molecular flexibility index (Phi) is 2.97. The Morgan fingerprint density at radius 3 is 2.65 bits per heavy atom. The monoisotopic (exact) mass is 299 g/mol. The van der Waals surface area contributed by atoms with Gasteiger partial charge >= 0.3 is 6.18 Å². The minimum atomic E-state index is -4.69. The summed E-state index contributed by atoms with van der Waals surface area (Å²) in [6, 6.07) is 1.42. The van der Waals surface area contributed by atoms with Crippen LogP contribution < -0.4 is 0 Å². The van der Waals surface area contributed by atoms with Crippen LogP contribution >= 0.6 is 11.3 Å². The Morgan fingerprint density at radius 1 is 1.25 bits per heavy atom. The molecule has 2 aromatic heterocycles. The normalized spacial score (nSPS) is 14.9. The molecule has 0 bridgehead atoms. The first kappa shape index (κ1) is 13.1. The highest BCUT2D eigenvalue weighted by molar-refractivity contribution is 7.14. The van der Waals surface area contributed by atoms with E-state index in [2.05, 4.69) is 15.3 Å². The van der Waals surface area contributed by atoms with Crippen molar-refractivity contribution >= 4 is 11.3 Å². The number of aromatic nitrogens is 4. The van der Waals surface area contributed by atoms with E-state index in [-0.39, 0.29) is 5.13 Å². The molecule has 2 heterocycles. The molecular weight excluding hydrogens is 291 g/mol. The van der Waals surface area contributed by atoms with Crippen molar-refractivity contribution in [3.63, 3.8) is 0 Å². The average Bonchev–Trinajstić information content (AvgIpc) is 3.01. The molecule has 9 heteroatoms. The fraction of sp³-hybridized carbons (Fsp3) is 0.455. The third kappa shape index (κ3) is 2.06. The van der Waals surface area contributed by atoms with E-state index in [9.17, 15) is 13.2 Å². The molecule has 5 nitrogen and oxygen atoms in total. The summed E-state index contributed by atoms with van der Waals surface area (Å²) in [5.41, 5.74) is -1.06. The van der Waals surface area contributed by atoms with Gasteiger partial charge in [-0.15, -0.1) is 5.10 Å². The Balaban J connectivity index is 2.13. The average molecular weight is 299 g/mol. The minimum Gasteiger partial charge on any atom is -0.223 e. The molecule has 3 rings (SSSR count). The number of rotatable bonds is 1. The molecule has 2 aromatic rings. The van der Waals surface area contributed by atoms with Gasteiger partial charge in [-0.25, -0.2) is 4.98 Å². The number of alkyl halides is 3. The predicted molar refractivity (Wildman–Crippen MR) is 63.4 cm³/mol. The highest BCUT2D eigenvalue weighted by Gasteiger charge is 2.41. The standard InChI is InChI=1S/C11H8F3N5S/c12-11(13,14)9-7(5-15)17-18-19(9)10-16-6-3-1-2-4-8(6)20-10/h1-4H2. The molecule has 0 saturated carbocycles. The fourth-order valence-corrected chi connectivity index (χ4v) is 3.28. The molecule has 0 N–H and O–H groups in total. The van der Waals surface area contributed by atoms with Crippen molar-refractivity contribution in [3.05, 3.63) is 22.0 Å². The van der Waals surface area contributed by atoms with Gasteiger partial charge in [-0.3, -0.25) is 0 Å². The third-order valence-electron chi connectivity index (χ3n) is 3.06. The zero-order chi connectivity index (χ0) is 14.3. The van der Waals surface area contributed by atoms with Gasteiger partial charge in [-0.05, 0) is 25.7 Å². The second-order valence-corrected chi connectivity index (χ2v) is 5.44. The van der Waals surface area contributed by atoms with E-state index in [1.807, 2.05) is 0 Å². The van der Waals surface area contributed by atoms with E-state index in [1.165, 1.54) is 17.4 Å². The number of nitrogens with zero attached hydrogens (tertiary/aromatic N) is 5. The van der Waals surface area contributed by atoms with Crippen LogP contribution in [-0.4, -0.2) is 20.0 Å². The molecule has 0 aliphatic heterocycles. The maximum absolute atomic E-state index is 13.0. The smallest absolute Gasteiger partial charge is 0.223 e. The largest absolute Gasteiger partial charge is 0.436 e. The lowest BCUT2D eigenvalue weighted by atomic mass is 10.0. The molecule has 1 aliphatic carbocycles. The van der Waals surface area contributed by atoms with Crippen LogP contribution in [0, 0.1) is 11.3 Å². The summed E-state index contributed by atoms with van der Waals surface area (Å²) in [5.74, 6) is 0. The first-order valence-corrected chi connectivity index (χ1v) is 6.74. The number of thiazole rings is 1. The van der Waals surface area contributed by atoms with Gasteiger partial charge in [-0.2, -0.15) is 23.1 Å². The van der Waals surface area contributed by atoms with Crippen molar-refractivity contribution in [2.75, 3.05) is 0 Å². The number of hydrogen-bond donors (Lipinski definition) is 0. The highest BCUT2D eigenvalue weighted by Crippen LogP contribution is 2.35. The molecule has 0 fully saturated rings. The maximum atomic E-state index is 13.0. The lowest BCUT2D eigenvalue weighted by molar-refractivity contribution is -0.143. The molecular formula is C11H8F3N5S. The molecule has 0 atom stereocenters. The van der Waals surface area contributed by atoms with Crippen molar-refractivity contribution in [2.45, 2.75) is 31.9 Å². The molecule has 0 spiro atoms. The lowest BCUT2D eigenvalue weighted by Crippen LogP contribution is -2.14. The fourth-order valence-electron chi connectivity index (χ4n) is 2.17. The number of aryl methyl sites for hydroxylation is 2. The molecule has 0 aromatic carbocycles. The summed E-state index contributed by atoms with van der Waals surface area (Å²) >= 11 is 1.18. The summed E-state index contributed by atoms with van der Waals surface area (Å²) < 4.78 is 39.7. The van der Waals surface area contributed by atoms with Gasteiger partial charge in [0.1, 0.15) is 6.07 Å². The number of halogens is 3. The minimum absolute atomic E-state index is 0.123. The Labute approximate surface area is 115 Å². The number of nitriles is 1. The number of fused-ring (bicyclic) bond motifs is 1. The van der Waals surface area contributed by atoms with Crippen molar-refractivity contribution in [3.8, 4) is 11.2 Å². The Hall–Kier alpha value is -1.95. The first-order valence-electron chi connectivity index (χ1n) is 5.92.